The van der Waals surface area contributed by atoms with Gasteiger partial charge in [-0.15, -0.1) is 0 Å². The molecule has 1 aliphatic heterocycles. The molecule has 6 heteroatoms. The summed E-state index contributed by atoms with van der Waals surface area (Å²) in [6.45, 7) is 6.23. The Labute approximate surface area is 167 Å². The maximum atomic E-state index is 12.9. The lowest BCUT2D eigenvalue weighted by Crippen LogP contribution is -2.31. The number of hydrogen-bond acceptors (Lipinski definition) is 4. The van der Waals surface area contributed by atoms with E-state index in [4.69, 9.17) is 9.15 Å². The Kier molecular flexibility index (Phi) is 3.97. The van der Waals surface area contributed by atoms with Crippen LogP contribution in [0.3, 0.4) is 0 Å². The van der Waals surface area contributed by atoms with Gasteiger partial charge in [-0.1, -0.05) is 12.1 Å². The molecule has 2 heterocycles. The lowest BCUT2D eigenvalue weighted by atomic mass is 9.88. The molecule has 0 atom stereocenters. The molecule has 3 aromatic rings. The molecule has 1 aromatic heterocycles. The van der Waals surface area contributed by atoms with Crippen LogP contribution in [-0.2, 0) is 0 Å². The highest BCUT2D eigenvalue weighted by molar-refractivity contribution is 9.11. The SMILES string of the molecule is COc1c(Br)cc(Br)c2oc(=O)c3c4c(ccc3c12)NC(C)(C)C=C4C. The molecule has 134 valence electrons. The predicted octanol–water partition coefficient (Wildman–Crippen LogP) is 6.09. The van der Waals surface area contributed by atoms with Gasteiger partial charge >= 0.3 is 5.63 Å². The van der Waals surface area contributed by atoms with Gasteiger partial charge in [0.05, 0.1) is 32.4 Å². The van der Waals surface area contributed by atoms with Gasteiger partial charge in [0.15, 0.2) is 5.58 Å². The maximum Gasteiger partial charge on any atom is 0.344 e. The molecule has 0 saturated heterocycles. The van der Waals surface area contributed by atoms with E-state index in [1.165, 1.54) is 0 Å². The average Bonchev–Trinajstić information content (AvgIpc) is 2.54. The lowest BCUT2D eigenvalue weighted by molar-refractivity contribution is 0.416. The summed E-state index contributed by atoms with van der Waals surface area (Å²) in [5, 5.41) is 5.62. The number of allylic oxidation sites excluding steroid dienone is 1. The topological polar surface area (TPSA) is 51.5 Å². The summed E-state index contributed by atoms with van der Waals surface area (Å²) in [5.41, 5.74) is 2.81. The van der Waals surface area contributed by atoms with Gasteiger partial charge in [-0.3, -0.25) is 0 Å². The zero-order valence-corrected chi connectivity index (χ0v) is 18.0. The molecule has 0 amide bonds. The van der Waals surface area contributed by atoms with Crippen LogP contribution in [0.4, 0.5) is 5.69 Å². The summed E-state index contributed by atoms with van der Waals surface area (Å²) in [7, 11) is 1.61. The fourth-order valence-electron chi connectivity index (χ4n) is 3.81. The third-order valence-corrected chi connectivity index (χ3v) is 5.83. The average molecular weight is 479 g/mol. The van der Waals surface area contributed by atoms with E-state index in [1.54, 1.807) is 7.11 Å². The van der Waals surface area contributed by atoms with Crippen molar-refractivity contribution >= 4 is 64.9 Å². The third-order valence-electron chi connectivity index (χ3n) is 4.65. The molecule has 4 nitrogen and oxygen atoms in total. The van der Waals surface area contributed by atoms with Crippen molar-refractivity contribution < 1.29 is 9.15 Å². The van der Waals surface area contributed by atoms with Crippen LogP contribution in [0.5, 0.6) is 5.75 Å². The Morgan fingerprint density at radius 2 is 1.88 bits per heavy atom. The minimum absolute atomic E-state index is 0.175. The van der Waals surface area contributed by atoms with E-state index in [9.17, 15) is 4.79 Å². The minimum Gasteiger partial charge on any atom is -0.495 e. The second-order valence-electron chi connectivity index (χ2n) is 7.05. The van der Waals surface area contributed by atoms with Gasteiger partial charge in [0, 0.05) is 16.6 Å². The molecule has 0 fully saturated rings. The number of benzene rings is 2. The van der Waals surface area contributed by atoms with Crippen LogP contribution in [0, 0.1) is 0 Å². The quantitative estimate of drug-likeness (QED) is 0.339. The van der Waals surface area contributed by atoms with Gasteiger partial charge in [-0.05, 0) is 70.3 Å². The highest BCUT2D eigenvalue weighted by atomic mass is 79.9. The first-order chi connectivity index (χ1) is 12.2. The normalized spacial score (nSPS) is 15.5. The van der Waals surface area contributed by atoms with Gasteiger partial charge < -0.3 is 14.5 Å². The van der Waals surface area contributed by atoms with Crippen molar-refractivity contribution in [1.29, 1.82) is 0 Å². The lowest BCUT2D eigenvalue weighted by Gasteiger charge is -2.32. The number of fused-ring (bicyclic) bond motifs is 5. The molecule has 0 saturated carbocycles. The van der Waals surface area contributed by atoms with Crippen molar-refractivity contribution in [2.75, 3.05) is 12.4 Å². The van der Waals surface area contributed by atoms with Crippen LogP contribution in [0.25, 0.3) is 27.3 Å². The van der Waals surface area contributed by atoms with Crippen LogP contribution < -0.4 is 15.7 Å². The summed E-state index contributed by atoms with van der Waals surface area (Å²) >= 11 is 7.03. The molecular formula is C20H17Br2NO3. The number of nitrogens with one attached hydrogen (secondary N) is 1. The van der Waals surface area contributed by atoms with Crippen molar-refractivity contribution in [2.45, 2.75) is 26.3 Å². The molecule has 0 aliphatic carbocycles. The highest BCUT2D eigenvalue weighted by Crippen LogP contribution is 2.44. The van der Waals surface area contributed by atoms with Crippen LogP contribution in [-0.4, -0.2) is 12.6 Å². The Morgan fingerprint density at radius 3 is 2.58 bits per heavy atom. The van der Waals surface area contributed by atoms with E-state index in [0.29, 0.717) is 21.2 Å². The summed E-state index contributed by atoms with van der Waals surface area (Å²) in [5.74, 6) is 0.641. The van der Waals surface area contributed by atoms with Gasteiger partial charge in [-0.25, -0.2) is 4.79 Å². The maximum absolute atomic E-state index is 12.9. The number of anilines is 1. The zero-order chi connectivity index (χ0) is 18.8. The van der Waals surface area contributed by atoms with Gasteiger partial charge in [0.2, 0.25) is 0 Å². The molecule has 1 aliphatic rings. The number of methoxy groups -OCH3 is 1. The minimum atomic E-state index is -0.358. The Morgan fingerprint density at radius 1 is 1.15 bits per heavy atom. The van der Waals surface area contributed by atoms with Crippen molar-refractivity contribution in [2.24, 2.45) is 0 Å². The van der Waals surface area contributed by atoms with Crippen molar-refractivity contribution in [1.82, 2.24) is 0 Å². The second-order valence-corrected chi connectivity index (χ2v) is 8.76. The summed E-state index contributed by atoms with van der Waals surface area (Å²) in [6.07, 6.45) is 2.13. The molecule has 0 spiro atoms. The van der Waals surface area contributed by atoms with Crippen molar-refractivity contribution in [3.63, 3.8) is 0 Å². The monoisotopic (exact) mass is 477 g/mol. The summed E-state index contributed by atoms with van der Waals surface area (Å²) in [4.78, 5) is 12.9. The first kappa shape index (κ1) is 17.6. The number of hydrogen-bond donors (Lipinski definition) is 1. The van der Waals surface area contributed by atoms with Gasteiger partial charge in [-0.2, -0.15) is 0 Å². The molecule has 26 heavy (non-hydrogen) atoms. The van der Waals surface area contributed by atoms with E-state index in [-0.39, 0.29) is 11.2 Å². The Bertz CT molecular complexity index is 1180. The summed E-state index contributed by atoms with van der Waals surface area (Å²) < 4.78 is 12.8. The van der Waals surface area contributed by atoms with E-state index in [0.717, 1.165) is 32.1 Å². The zero-order valence-electron chi connectivity index (χ0n) is 14.8. The fraction of sp³-hybridized carbons (Fsp3) is 0.250. The number of ether oxygens (including phenoxy) is 1. The van der Waals surface area contributed by atoms with Crippen LogP contribution in [0.15, 0.2) is 42.4 Å². The smallest absolute Gasteiger partial charge is 0.344 e. The first-order valence-electron chi connectivity index (χ1n) is 8.17. The van der Waals surface area contributed by atoms with E-state index in [2.05, 4.69) is 57.1 Å². The van der Waals surface area contributed by atoms with Crippen LogP contribution in [0.1, 0.15) is 26.3 Å². The van der Waals surface area contributed by atoms with Crippen LogP contribution in [0.2, 0.25) is 0 Å². The van der Waals surface area contributed by atoms with Gasteiger partial charge in [0.1, 0.15) is 5.75 Å². The fourth-order valence-corrected chi connectivity index (χ4v) is 5.21. The summed E-state index contributed by atoms with van der Waals surface area (Å²) in [6, 6.07) is 5.79. The molecular weight excluding hydrogens is 462 g/mol. The highest BCUT2D eigenvalue weighted by Gasteiger charge is 2.27. The molecule has 0 unspecified atom stereocenters. The number of halogens is 2. The number of rotatable bonds is 1. The predicted molar refractivity (Wildman–Crippen MR) is 113 cm³/mol. The molecule has 0 bridgehead atoms. The largest absolute Gasteiger partial charge is 0.495 e. The van der Waals surface area contributed by atoms with Gasteiger partial charge in [0.25, 0.3) is 0 Å². The van der Waals surface area contributed by atoms with E-state index in [1.807, 2.05) is 25.1 Å². The van der Waals surface area contributed by atoms with Crippen molar-refractivity contribution in [3.05, 3.63) is 49.2 Å². The first-order valence-corrected chi connectivity index (χ1v) is 9.75. The standard InChI is InChI=1S/C20H17Br2NO3/c1-9-8-20(2,3)23-13-6-5-10-15(14(9)13)19(24)26-18-12(22)7-11(21)17(25-4)16(10)18/h5-8,23H,1-4H3. The molecule has 4 rings (SSSR count). The molecule has 0 radical (unpaired) electrons. The molecule has 2 aromatic carbocycles. The van der Waals surface area contributed by atoms with E-state index < -0.39 is 0 Å². The van der Waals surface area contributed by atoms with E-state index >= 15 is 0 Å². The molecule has 1 N–H and O–H groups in total. The van der Waals surface area contributed by atoms with Crippen molar-refractivity contribution in [3.8, 4) is 5.75 Å². The Balaban J connectivity index is 2.25. The second kappa shape index (κ2) is 5.86. The van der Waals surface area contributed by atoms with Crippen LogP contribution >= 0.6 is 31.9 Å². The third kappa shape index (κ3) is 2.50. The Hall–Kier alpha value is -1.79.